The van der Waals surface area contributed by atoms with Crippen LogP contribution in [0.3, 0.4) is 0 Å². The van der Waals surface area contributed by atoms with Crippen molar-refractivity contribution in [1.29, 1.82) is 0 Å². The number of carbonyl (C=O) groups excluding carboxylic acids is 1. The van der Waals surface area contributed by atoms with E-state index in [0.29, 0.717) is 28.3 Å². The zero-order valence-corrected chi connectivity index (χ0v) is 13.3. The summed E-state index contributed by atoms with van der Waals surface area (Å²) in [4.78, 5) is 28.4. The molecular weight excluding hydrogens is 298 g/mol. The molecule has 0 aromatic carbocycles. The second-order valence-corrected chi connectivity index (χ2v) is 6.35. The lowest BCUT2D eigenvalue weighted by Gasteiger charge is -2.18. The number of carbonyl (C=O) groups is 2. The summed E-state index contributed by atoms with van der Waals surface area (Å²) in [5, 5.41) is 16.3. The fraction of sp³-hybridized carbons (Fsp3) is 0.500. The van der Waals surface area contributed by atoms with Gasteiger partial charge in [0.25, 0.3) is 11.6 Å². The molecule has 1 fully saturated rings. The SMILES string of the molecule is Cc1noc2nc(C3CC3)cc(C(=O)N[C@@H](C(=O)O)C(C)C)c12. The summed E-state index contributed by atoms with van der Waals surface area (Å²) < 4.78 is 5.20. The van der Waals surface area contributed by atoms with Gasteiger partial charge < -0.3 is 14.9 Å². The summed E-state index contributed by atoms with van der Waals surface area (Å²) in [6.45, 7) is 5.24. The number of pyridine rings is 1. The van der Waals surface area contributed by atoms with Gasteiger partial charge in [0.15, 0.2) is 0 Å². The number of amides is 1. The molecule has 2 aromatic heterocycles. The van der Waals surface area contributed by atoms with E-state index in [-0.39, 0.29) is 5.92 Å². The van der Waals surface area contributed by atoms with Crippen molar-refractivity contribution in [3.05, 3.63) is 23.0 Å². The minimum absolute atomic E-state index is 0.222. The van der Waals surface area contributed by atoms with E-state index in [2.05, 4.69) is 15.5 Å². The van der Waals surface area contributed by atoms with Crippen molar-refractivity contribution in [2.75, 3.05) is 0 Å². The Balaban J connectivity index is 2.01. The number of rotatable bonds is 5. The largest absolute Gasteiger partial charge is 0.480 e. The molecule has 0 saturated heterocycles. The van der Waals surface area contributed by atoms with Crippen molar-refractivity contribution < 1.29 is 19.2 Å². The minimum atomic E-state index is -1.05. The van der Waals surface area contributed by atoms with Crippen molar-refractivity contribution in [1.82, 2.24) is 15.5 Å². The summed E-state index contributed by atoms with van der Waals surface area (Å²) in [7, 11) is 0. The van der Waals surface area contributed by atoms with Crippen LogP contribution in [-0.4, -0.2) is 33.2 Å². The van der Waals surface area contributed by atoms with E-state index in [1.807, 2.05) is 0 Å². The van der Waals surface area contributed by atoms with E-state index in [9.17, 15) is 14.7 Å². The lowest BCUT2D eigenvalue weighted by molar-refractivity contribution is -0.140. The average Bonchev–Trinajstić information content (AvgIpc) is 3.27. The van der Waals surface area contributed by atoms with Crippen LogP contribution in [0.2, 0.25) is 0 Å². The third kappa shape index (κ3) is 2.91. The average molecular weight is 317 g/mol. The molecule has 0 bridgehead atoms. The second-order valence-electron chi connectivity index (χ2n) is 6.35. The first kappa shape index (κ1) is 15.5. The van der Waals surface area contributed by atoms with Crippen molar-refractivity contribution in [2.24, 2.45) is 5.92 Å². The van der Waals surface area contributed by atoms with Crippen molar-refractivity contribution >= 4 is 23.0 Å². The first-order chi connectivity index (χ1) is 10.9. The number of aromatic nitrogens is 2. The summed E-state index contributed by atoms with van der Waals surface area (Å²) in [5.74, 6) is -1.37. The molecule has 1 aliphatic carbocycles. The van der Waals surface area contributed by atoms with E-state index in [4.69, 9.17) is 4.52 Å². The Kier molecular flexibility index (Phi) is 3.79. The predicted molar refractivity (Wildman–Crippen MR) is 82.2 cm³/mol. The quantitative estimate of drug-likeness (QED) is 0.876. The summed E-state index contributed by atoms with van der Waals surface area (Å²) in [6.07, 6.45) is 2.08. The maximum atomic E-state index is 12.7. The third-order valence-electron chi connectivity index (χ3n) is 4.10. The maximum absolute atomic E-state index is 12.7. The van der Waals surface area contributed by atoms with Crippen molar-refractivity contribution in [2.45, 2.75) is 45.6 Å². The van der Waals surface area contributed by atoms with Gasteiger partial charge in [0.2, 0.25) is 0 Å². The molecule has 0 radical (unpaired) electrons. The topological polar surface area (TPSA) is 105 Å². The van der Waals surface area contributed by atoms with Crippen LogP contribution in [0.15, 0.2) is 10.6 Å². The molecule has 2 aromatic rings. The standard InChI is InChI=1S/C16H19N3O4/c1-7(2)13(16(21)22)18-14(20)10-6-11(9-4-5-9)17-15-12(10)8(3)19-23-15/h6-7,9,13H,4-5H2,1-3H3,(H,18,20)(H,21,22)/t13-/m1/s1. The molecule has 3 rings (SSSR count). The van der Waals surface area contributed by atoms with Crippen LogP contribution < -0.4 is 5.32 Å². The predicted octanol–water partition coefficient (Wildman–Crippen LogP) is 2.25. The number of aliphatic carboxylic acids is 1. The van der Waals surface area contributed by atoms with E-state index in [1.54, 1.807) is 26.8 Å². The molecule has 23 heavy (non-hydrogen) atoms. The van der Waals surface area contributed by atoms with Gasteiger partial charge in [0.05, 0.1) is 16.6 Å². The molecule has 1 aliphatic rings. The first-order valence-electron chi connectivity index (χ1n) is 7.69. The summed E-state index contributed by atoms with van der Waals surface area (Å²) in [6, 6.07) is 0.786. The van der Waals surface area contributed by atoms with Crippen LogP contribution in [0.4, 0.5) is 0 Å². The number of nitrogens with zero attached hydrogens (tertiary/aromatic N) is 2. The number of hydrogen-bond acceptors (Lipinski definition) is 5. The number of nitrogens with one attached hydrogen (secondary N) is 1. The van der Waals surface area contributed by atoms with Gasteiger partial charge >= 0.3 is 5.97 Å². The Labute approximate surface area is 133 Å². The van der Waals surface area contributed by atoms with Gasteiger partial charge in [-0.25, -0.2) is 9.78 Å². The van der Waals surface area contributed by atoms with E-state index in [1.165, 1.54) is 0 Å². The third-order valence-corrected chi connectivity index (χ3v) is 4.10. The Morgan fingerprint density at radius 1 is 1.39 bits per heavy atom. The maximum Gasteiger partial charge on any atom is 0.326 e. The number of carboxylic acids is 1. The van der Waals surface area contributed by atoms with Gasteiger partial charge in [-0.1, -0.05) is 19.0 Å². The molecule has 7 nitrogen and oxygen atoms in total. The van der Waals surface area contributed by atoms with Gasteiger partial charge in [-0.15, -0.1) is 0 Å². The van der Waals surface area contributed by atoms with E-state index >= 15 is 0 Å². The van der Waals surface area contributed by atoms with Crippen LogP contribution in [0, 0.1) is 12.8 Å². The molecule has 2 heterocycles. The minimum Gasteiger partial charge on any atom is -0.480 e. The van der Waals surface area contributed by atoms with Gasteiger partial charge in [0, 0.05) is 11.6 Å². The summed E-state index contributed by atoms with van der Waals surface area (Å²) in [5.41, 5.74) is 2.07. The van der Waals surface area contributed by atoms with Gasteiger partial charge in [-0.2, -0.15) is 0 Å². The fourth-order valence-electron chi connectivity index (χ4n) is 2.61. The molecule has 7 heteroatoms. The van der Waals surface area contributed by atoms with Crippen molar-refractivity contribution in [3.8, 4) is 0 Å². The molecular formula is C16H19N3O4. The number of carboxylic acid groups (broad SMARTS) is 1. The fourth-order valence-corrected chi connectivity index (χ4v) is 2.61. The Hall–Kier alpha value is -2.44. The Morgan fingerprint density at radius 3 is 2.65 bits per heavy atom. The highest BCUT2D eigenvalue weighted by Crippen LogP contribution is 2.40. The van der Waals surface area contributed by atoms with E-state index in [0.717, 1.165) is 18.5 Å². The zero-order valence-electron chi connectivity index (χ0n) is 13.3. The Morgan fingerprint density at radius 2 is 2.09 bits per heavy atom. The van der Waals surface area contributed by atoms with Crippen LogP contribution in [0.1, 0.15) is 54.4 Å². The highest BCUT2D eigenvalue weighted by atomic mass is 16.5. The Bertz CT molecular complexity index is 777. The van der Waals surface area contributed by atoms with Gasteiger partial charge in [0.1, 0.15) is 6.04 Å². The monoisotopic (exact) mass is 317 g/mol. The lowest BCUT2D eigenvalue weighted by Crippen LogP contribution is -2.44. The zero-order chi connectivity index (χ0) is 16.7. The van der Waals surface area contributed by atoms with Crippen LogP contribution in [-0.2, 0) is 4.79 Å². The van der Waals surface area contributed by atoms with Crippen molar-refractivity contribution in [3.63, 3.8) is 0 Å². The number of fused-ring (bicyclic) bond motifs is 1. The molecule has 0 spiro atoms. The first-order valence-corrected chi connectivity index (χ1v) is 7.69. The molecule has 1 atom stereocenters. The lowest BCUT2D eigenvalue weighted by atomic mass is 10.0. The number of hydrogen-bond donors (Lipinski definition) is 2. The molecule has 122 valence electrons. The highest BCUT2D eigenvalue weighted by Gasteiger charge is 2.30. The number of aryl methyl sites for hydroxylation is 1. The molecule has 1 saturated carbocycles. The highest BCUT2D eigenvalue weighted by molar-refractivity contribution is 6.07. The van der Waals surface area contributed by atoms with E-state index < -0.39 is 17.9 Å². The van der Waals surface area contributed by atoms with Crippen LogP contribution in [0.25, 0.3) is 11.1 Å². The molecule has 0 aliphatic heterocycles. The van der Waals surface area contributed by atoms with Gasteiger partial charge in [-0.3, -0.25) is 4.79 Å². The normalized spacial score (nSPS) is 15.8. The van der Waals surface area contributed by atoms with Gasteiger partial charge in [-0.05, 0) is 31.7 Å². The second kappa shape index (κ2) is 5.64. The summed E-state index contributed by atoms with van der Waals surface area (Å²) >= 11 is 0. The molecule has 1 amide bonds. The van der Waals surface area contributed by atoms with Crippen LogP contribution >= 0.6 is 0 Å². The molecule has 2 N–H and O–H groups in total. The van der Waals surface area contributed by atoms with Crippen LogP contribution in [0.5, 0.6) is 0 Å². The molecule has 0 unspecified atom stereocenters. The smallest absolute Gasteiger partial charge is 0.326 e.